The quantitative estimate of drug-likeness (QED) is 0.593. The van der Waals surface area contributed by atoms with E-state index in [0.717, 1.165) is 25.9 Å². The normalized spacial score (nSPS) is 12.8. The summed E-state index contributed by atoms with van der Waals surface area (Å²) in [6.45, 7) is 6.34. The van der Waals surface area contributed by atoms with Gasteiger partial charge in [0.15, 0.2) is 0 Å². The number of hydrogen-bond donors (Lipinski definition) is 0. The maximum absolute atomic E-state index is 5.68. The van der Waals surface area contributed by atoms with E-state index in [4.69, 9.17) is 8.85 Å². The SMILES string of the molecule is CCCN(C)[Si](OC)(OC)N(C)CCC. The zero-order chi connectivity index (χ0) is 11.9. The van der Waals surface area contributed by atoms with E-state index in [1.165, 1.54) is 0 Å². The lowest BCUT2D eigenvalue weighted by Gasteiger charge is -2.40. The topological polar surface area (TPSA) is 24.9 Å². The van der Waals surface area contributed by atoms with E-state index in [1.807, 2.05) is 0 Å². The lowest BCUT2D eigenvalue weighted by atomic mass is 10.5. The van der Waals surface area contributed by atoms with Crippen LogP contribution in [-0.4, -0.2) is 59.4 Å². The third kappa shape index (κ3) is 3.53. The van der Waals surface area contributed by atoms with Crippen LogP contribution in [-0.2, 0) is 8.85 Å². The third-order valence-electron chi connectivity index (χ3n) is 2.61. The Hall–Kier alpha value is 0.0569. The van der Waals surface area contributed by atoms with Crippen LogP contribution in [0.3, 0.4) is 0 Å². The van der Waals surface area contributed by atoms with Gasteiger partial charge in [0.1, 0.15) is 0 Å². The van der Waals surface area contributed by atoms with Crippen molar-refractivity contribution in [3.63, 3.8) is 0 Å². The molecule has 0 aromatic heterocycles. The molecule has 0 atom stereocenters. The summed E-state index contributed by atoms with van der Waals surface area (Å²) in [7, 11) is 5.32. The van der Waals surface area contributed by atoms with Crippen molar-refractivity contribution >= 4 is 8.88 Å². The monoisotopic (exact) mass is 234 g/mol. The van der Waals surface area contributed by atoms with Crippen molar-refractivity contribution in [3.8, 4) is 0 Å². The van der Waals surface area contributed by atoms with Crippen molar-refractivity contribution in [3.05, 3.63) is 0 Å². The maximum atomic E-state index is 5.68. The fraction of sp³-hybridized carbons (Fsp3) is 1.00. The summed E-state index contributed by atoms with van der Waals surface area (Å²) in [5.41, 5.74) is 0. The van der Waals surface area contributed by atoms with Gasteiger partial charge in [-0.15, -0.1) is 0 Å². The Morgan fingerprint density at radius 2 is 1.20 bits per heavy atom. The molecule has 0 aliphatic heterocycles. The maximum Gasteiger partial charge on any atom is 0.521 e. The Kier molecular flexibility index (Phi) is 7.38. The Morgan fingerprint density at radius 3 is 1.40 bits per heavy atom. The van der Waals surface area contributed by atoms with Gasteiger partial charge in [-0.2, -0.15) is 0 Å². The second-order valence-corrected chi connectivity index (χ2v) is 7.24. The van der Waals surface area contributed by atoms with Gasteiger partial charge in [-0.05, 0) is 40.0 Å². The summed E-state index contributed by atoms with van der Waals surface area (Å²) in [5.74, 6) is 0. The summed E-state index contributed by atoms with van der Waals surface area (Å²) in [4.78, 5) is 0. The first-order chi connectivity index (χ1) is 7.08. The Labute approximate surface area is 95.6 Å². The van der Waals surface area contributed by atoms with Crippen LogP contribution in [0.25, 0.3) is 0 Å². The van der Waals surface area contributed by atoms with Gasteiger partial charge in [0.2, 0.25) is 0 Å². The summed E-state index contributed by atoms with van der Waals surface area (Å²) in [6.07, 6.45) is 2.22. The van der Waals surface area contributed by atoms with Crippen molar-refractivity contribution in [1.29, 1.82) is 0 Å². The molecule has 0 heterocycles. The molecule has 0 bridgehead atoms. The summed E-state index contributed by atoms with van der Waals surface area (Å²) < 4.78 is 15.8. The summed E-state index contributed by atoms with van der Waals surface area (Å²) >= 11 is 0. The minimum Gasteiger partial charge on any atom is -0.374 e. The van der Waals surface area contributed by atoms with Crippen LogP contribution in [0.15, 0.2) is 0 Å². The first-order valence-electron chi connectivity index (χ1n) is 5.61. The Morgan fingerprint density at radius 1 is 0.867 bits per heavy atom. The highest BCUT2D eigenvalue weighted by atomic mass is 28.4. The highest BCUT2D eigenvalue weighted by molar-refractivity contribution is 6.61. The Balaban J connectivity index is 4.68. The largest absolute Gasteiger partial charge is 0.521 e. The third-order valence-corrected chi connectivity index (χ3v) is 6.05. The number of rotatable bonds is 8. The molecule has 15 heavy (non-hydrogen) atoms. The van der Waals surface area contributed by atoms with E-state index in [0.29, 0.717) is 0 Å². The minimum atomic E-state index is -2.33. The van der Waals surface area contributed by atoms with Crippen molar-refractivity contribution in [1.82, 2.24) is 9.13 Å². The van der Waals surface area contributed by atoms with E-state index in [-0.39, 0.29) is 0 Å². The molecule has 0 saturated heterocycles. The first-order valence-corrected chi connectivity index (χ1v) is 7.32. The zero-order valence-electron chi connectivity index (χ0n) is 11.0. The molecule has 0 radical (unpaired) electrons. The van der Waals surface area contributed by atoms with Gasteiger partial charge in [-0.3, -0.25) is 9.13 Å². The van der Waals surface area contributed by atoms with Crippen molar-refractivity contribution in [2.24, 2.45) is 0 Å². The van der Waals surface area contributed by atoms with Gasteiger partial charge in [0, 0.05) is 14.2 Å². The molecule has 92 valence electrons. The fourth-order valence-corrected chi connectivity index (χ4v) is 4.96. The fourth-order valence-electron chi connectivity index (χ4n) is 1.95. The molecule has 0 aliphatic carbocycles. The van der Waals surface area contributed by atoms with E-state index < -0.39 is 8.88 Å². The molecule has 0 rings (SSSR count). The molecule has 0 N–H and O–H groups in total. The molecule has 5 heteroatoms. The average molecular weight is 234 g/mol. The van der Waals surface area contributed by atoms with E-state index in [9.17, 15) is 0 Å². The van der Waals surface area contributed by atoms with Crippen molar-refractivity contribution < 1.29 is 8.85 Å². The molecule has 0 fully saturated rings. The van der Waals surface area contributed by atoms with Crippen molar-refractivity contribution in [2.45, 2.75) is 26.7 Å². The van der Waals surface area contributed by atoms with E-state index >= 15 is 0 Å². The van der Waals surface area contributed by atoms with Gasteiger partial charge in [-0.1, -0.05) is 13.8 Å². The van der Waals surface area contributed by atoms with Crippen LogP contribution in [0.1, 0.15) is 26.7 Å². The first kappa shape index (κ1) is 15.1. The van der Waals surface area contributed by atoms with Crippen molar-refractivity contribution in [2.75, 3.05) is 41.4 Å². The molecule has 0 saturated carbocycles. The van der Waals surface area contributed by atoms with Crippen LogP contribution >= 0.6 is 0 Å². The second kappa shape index (κ2) is 7.35. The van der Waals surface area contributed by atoms with Gasteiger partial charge in [-0.25, -0.2) is 0 Å². The predicted octanol–water partition coefficient (Wildman–Crippen LogP) is 1.40. The molecule has 0 unspecified atom stereocenters. The lowest BCUT2D eigenvalue weighted by molar-refractivity contribution is 0.113. The van der Waals surface area contributed by atoms with Gasteiger partial charge >= 0.3 is 8.88 Å². The summed E-state index contributed by atoms with van der Waals surface area (Å²) in [5, 5.41) is 0. The Bertz CT molecular complexity index is 152. The molecular formula is C10H26N2O2Si. The van der Waals surface area contributed by atoms with E-state index in [1.54, 1.807) is 14.2 Å². The van der Waals surface area contributed by atoms with Crippen LogP contribution in [0.2, 0.25) is 0 Å². The standard InChI is InChI=1S/C10H26N2O2Si/c1-7-9-11(3)15(13-5,14-6)12(4)10-8-2/h7-10H2,1-6H3. The molecule has 0 aromatic rings. The van der Waals surface area contributed by atoms with Crippen LogP contribution < -0.4 is 0 Å². The van der Waals surface area contributed by atoms with Crippen LogP contribution in [0.4, 0.5) is 0 Å². The highest BCUT2D eigenvalue weighted by Gasteiger charge is 2.46. The molecule has 0 amide bonds. The predicted molar refractivity (Wildman–Crippen MR) is 65.6 cm³/mol. The molecule has 0 spiro atoms. The molecular weight excluding hydrogens is 208 g/mol. The van der Waals surface area contributed by atoms with Gasteiger partial charge in [0.05, 0.1) is 0 Å². The zero-order valence-corrected chi connectivity index (χ0v) is 12.0. The molecule has 4 nitrogen and oxygen atoms in total. The highest BCUT2D eigenvalue weighted by Crippen LogP contribution is 2.15. The molecule has 0 aliphatic rings. The van der Waals surface area contributed by atoms with Gasteiger partial charge in [0.25, 0.3) is 0 Å². The lowest BCUT2D eigenvalue weighted by Crippen LogP contribution is -2.67. The van der Waals surface area contributed by atoms with Gasteiger partial charge < -0.3 is 8.85 Å². The van der Waals surface area contributed by atoms with Crippen LogP contribution in [0, 0.1) is 0 Å². The second-order valence-electron chi connectivity index (χ2n) is 3.80. The summed E-state index contributed by atoms with van der Waals surface area (Å²) in [6, 6.07) is 0. The van der Waals surface area contributed by atoms with E-state index in [2.05, 4.69) is 37.1 Å². The molecule has 0 aromatic carbocycles. The average Bonchev–Trinajstić information content (AvgIpc) is 2.21. The smallest absolute Gasteiger partial charge is 0.374 e. The number of hydrogen-bond acceptors (Lipinski definition) is 4. The minimum absolute atomic E-state index is 1.00. The number of nitrogens with zero attached hydrogens (tertiary/aromatic N) is 2. The van der Waals surface area contributed by atoms with Crippen LogP contribution in [0.5, 0.6) is 0 Å².